The van der Waals surface area contributed by atoms with Crippen molar-refractivity contribution in [2.24, 2.45) is 100 Å². The molecule has 0 bridgehead atoms. The Morgan fingerprint density at radius 1 is 0.477 bits per heavy atom. The summed E-state index contributed by atoms with van der Waals surface area (Å²) in [6.07, 6.45) is 22.4. The van der Waals surface area contributed by atoms with Gasteiger partial charge in [-0.15, -0.1) is 10.2 Å². The topological polar surface area (TPSA) is 201 Å². The Morgan fingerprint density at radius 3 is 1.22 bits per heavy atom. The smallest absolute Gasteiger partial charge is 0.229 e. The third-order valence-electron chi connectivity index (χ3n) is 29.5. The summed E-state index contributed by atoms with van der Waals surface area (Å²) in [7, 11) is 0. The molecule has 2 aromatic heterocycles. The number of carbonyl (C=O) groups excluding carboxylic acids is 2. The Labute approximate surface area is 513 Å². The van der Waals surface area contributed by atoms with Crippen LogP contribution in [0.2, 0.25) is 0 Å². The van der Waals surface area contributed by atoms with Gasteiger partial charge in [0.15, 0.2) is 0 Å². The number of allylic oxidation sites excluding steroid dienone is 4. The van der Waals surface area contributed by atoms with E-state index in [4.69, 9.17) is 0 Å². The summed E-state index contributed by atoms with van der Waals surface area (Å²) >= 11 is 0. The van der Waals surface area contributed by atoms with Crippen LogP contribution in [0.15, 0.2) is 60.0 Å². The molecule has 10 aliphatic rings. The van der Waals surface area contributed by atoms with E-state index in [-0.39, 0.29) is 103 Å². The van der Waals surface area contributed by atoms with Crippen LogP contribution >= 0.6 is 0 Å². The molecule has 0 aliphatic heterocycles. The van der Waals surface area contributed by atoms with Crippen LogP contribution in [0.4, 0.5) is 0 Å². The molecule has 0 spiro atoms. The first kappa shape index (κ1) is 60.7. The van der Waals surface area contributed by atoms with Gasteiger partial charge in [-0.25, -0.2) is 9.36 Å². The molecule has 14 heteroatoms. The Bertz CT molecular complexity index is 3040. The molecule has 1 aromatic carbocycles. The van der Waals surface area contributed by atoms with Gasteiger partial charge in [0.25, 0.3) is 0 Å². The lowest BCUT2D eigenvalue weighted by atomic mass is 9.33. The standard InChI is InChI=1S/C72H106N8O6/c1-61(2)31-33-71(49(35-61)47-19-21-53-65(9)27-25-55(81)63(5,6)51(65)23-29-67(53,11)69(47,13)37-57(71)83)59(85)73-39-43-41-79(77-75-43)45-15-17-46(18-16-45)80-42-44(76-78-80)40-74-60(86)72-34-32-62(3,4)36-50(72)48-20-22-54-66(10)28-26-56(82)64(7,8)52(66)24-30-68(54,12)70(48,14)38-58(72)84/h15-20,41-42,49-58,81-84H,21-40H2,1-14H3,(H,73,85)(H,74,86)/t49?,50?,51?,52?,53?,54?,55-,56-,57+,58+,65-,66-,67+,68+,69+,70+,71+,72+/m0/s1. The number of hydrogen-bond acceptors (Lipinski definition) is 10. The minimum atomic E-state index is -0.939. The van der Waals surface area contributed by atoms with Gasteiger partial charge in [0.2, 0.25) is 11.8 Å². The largest absolute Gasteiger partial charge is 0.393 e. The van der Waals surface area contributed by atoms with E-state index >= 15 is 9.59 Å². The number of benzene rings is 1. The maximum Gasteiger partial charge on any atom is 0.229 e. The van der Waals surface area contributed by atoms with E-state index in [1.807, 2.05) is 36.7 Å². The second-order valence-electron chi connectivity index (χ2n) is 34.9. The fraction of sp³-hybridized carbons (Fsp3) is 0.778. The average molecular weight is 1180 g/mol. The quantitative estimate of drug-likeness (QED) is 0.118. The number of aromatic nitrogens is 6. The average Bonchev–Trinajstić information content (AvgIpc) is 0.711. The van der Waals surface area contributed by atoms with Gasteiger partial charge in [-0.2, -0.15) is 0 Å². The number of nitrogens with one attached hydrogen (secondary N) is 2. The fourth-order valence-electron chi connectivity index (χ4n) is 23.9. The third kappa shape index (κ3) is 8.33. The molecule has 10 aliphatic carbocycles. The second kappa shape index (κ2) is 19.6. The number of rotatable bonds is 8. The molecule has 6 N–H and O–H groups in total. The van der Waals surface area contributed by atoms with E-state index in [1.54, 1.807) is 9.36 Å². The Kier molecular flexibility index (Phi) is 13.8. The molecule has 14 nitrogen and oxygen atoms in total. The molecular weight excluding hydrogens is 1070 g/mol. The summed E-state index contributed by atoms with van der Waals surface area (Å²) in [5.41, 5.74) is 3.11. The number of amides is 2. The fourth-order valence-corrected chi connectivity index (χ4v) is 23.9. The molecule has 3 aromatic rings. The summed E-state index contributed by atoms with van der Waals surface area (Å²) in [6, 6.07) is 7.79. The monoisotopic (exact) mass is 1180 g/mol. The maximum atomic E-state index is 15.1. The number of aliphatic hydroxyl groups excluding tert-OH is 4. The summed E-state index contributed by atoms with van der Waals surface area (Å²) in [5, 5.41) is 72.6. The first-order valence-corrected chi connectivity index (χ1v) is 33.8. The summed E-state index contributed by atoms with van der Waals surface area (Å²) in [5.74, 6) is 1.42. The number of carbonyl (C=O) groups is 2. The zero-order valence-electron chi connectivity index (χ0n) is 54.8. The summed E-state index contributed by atoms with van der Waals surface area (Å²) < 4.78 is 3.42. The molecule has 18 atom stereocenters. The zero-order valence-corrected chi connectivity index (χ0v) is 54.8. The van der Waals surface area contributed by atoms with Crippen LogP contribution in [0.5, 0.6) is 0 Å². The minimum absolute atomic E-state index is 0.0289. The van der Waals surface area contributed by atoms with Gasteiger partial charge < -0.3 is 31.1 Å². The van der Waals surface area contributed by atoms with E-state index < -0.39 is 23.0 Å². The van der Waals surface area contributed by atoms with Crippen molar-refractivity contribution in [3.05, 3.63) is 71.3 Å². The molecule has 0 radical (unpaired) electrons. The predicted molar refractivity (Wildman–Crippen MR) is 333 cm³/mol. The molecule has 13 rings (SSSR count). The van der Waals surface area contributed by atoms with Crippen LogP contribution in [-0.2, 0) is 22.7 Å². The lowest BCUT2D eigenvalue weighted by Gasteiger charge is -2.71. The lowest BCUT2D eigenvalue weighted by Crippen LogP contribution is -2.68. The van der Waals surface area contributed by atoms with Gasteiger partial charge in [-0.3, -0.25) is 9.59 Å². The third-order valence-corrected chi connectivity index (χ3v) is 29.5. The van der Waals surface area contributed by atoms with Crippen molar-refractivity contribution < 1.29 is 30.0 Å². The van der Waals surface area contributed by atoms with Gasteiger partial charge >= 0.3 is 0 Å². The van der Waals surface area contributed by atoms with Crippen LogP contribution < -0.4 is 10.6 Å². The Morgan fingerprint density at radius 2 is 0.849 bits per heavy atom. The molecule has 86 heavy (non-hydrogen) atoms. The van der Waals surface area contributed by atoms with Crippen LogP contribution in [-0.4, -0.2) is 86.6 Å². The SMILES string of the molecule is CC1(C)CC[C@@]2(C(=O)NCc3cn(-c4ccc(-n5cc(CNC(=O)[C@]67CCC(C)(C)CC6C6=CCC8[C@@]9(C)CC[C@H](O)C(C)(C)C9CC[C@@]8(C)[C@]6(C)C[C@H]7O)nn5)cc4)nn3)C(C1)C1=CCC3[C@@]4(C)CC[C@H](O)C(C)(C)C4CC[C@@]3(C)[C@]1(C)C[C@H]2O. The van der Waals surface area contributed by atoms with Gasteiger partial charge in [-0.05, 0) is 229 Å². The van der Waals surface area contributed by atoms with Crippen molar-refractivity contribution in [1.29, 1.82) is 0 Å². The number of aliphatic hydroxyl groups is 4. The molecule has 0 saturated heterocycles. The normalized spacial score (nSPS) is 44.9. The molecule has 8 saturated carbocycles. The maximum absolute atomic E-state index is 15.1. The van der Waals surface area contributed by atoms with Crippen molar-refractivity contribution in [2.45, 2.75) is 250 Å². The Hall–Kier alpha value is -4.24. The van der Waals surface area contributed by atoms with Gasteiger partial charge in [-0.1, -0.05) is 131 Å². The van der Waals surface area contributed by atoms with Crippen molar-refractivity contribution in [1.82, 2.24) is 40.6 Å². The summed E-state index contributed by atoms with van der Waals surface area (Å²) in [4.78, 5) is 30.1. The molecule has 2 heterocycles. The van der Waals surface area contributed by atoms with Crippen molar-refractivity contribution in [3.63, 3.8) is 0 Å². The van der Waals surface area contributed by atoms with E-state index in [1.165, 1.54) is 11.1 Å². The van der Waals surface area contributed by atoms with Crippen LogP contribution in [0.1, 0.15) is 224 Å². The minimum Gasteiger partial charge on any atom is -0.393 e. The van der Waals surface area contributed by atoms with E-state index in [0.29, 0.717) is 60.7 Å². The van der Waals surface area contributed by atoms with E-state index in [0.717, 1.165) is 101 Å². The molecule has 6 unspecified atom stereocenters. The highest BCUT2D eigenvalue weighted by Crippen LogP contribution is 2.78. The first-order chi connectivity index (χ1) is 40.2. The van der Waals surface area contributed by atoms with Crippen molar-refractivity contribution in [3.8, 4) is 11.4 Å². The zero-order chi connectivity index (χ0) is 61.6. The van der Waals surface area contributed by atoms with Gasteiger partial charge in [0.05, 0.1) is 72.1 Å². The van der Waals surface area contributed by atoms with Gasteiger partial charge in [0.1, 0.15) is 11.4 Å². The van der Waals surface area contributed by atoms with Crippen LogP contribution in [0, 0.1) is 100 Å². The van der Waals surface area contributed by atoms with Crippen LogP contribution in [0.25, 0.3) is 11.4 Å². The molecular formula is C72H106N8O6. The van der Waals surface area contributed by atoms with Crippen molar-refractivity contribution in [2.75, 3.05) is 0 Å². The highest BCUT2D eigenvalue weighted by Gasteiger charge is 2.73. The highest BCUT2D eigenvalue weighted by atomic mass is 16.3. The van der Waals surface area contributed by atoms with Crippen molar-refractivity contribution >= 4 is 11.8 Å². The molecule has 8 fully saturated rings. The van der Waals surface area contributed by atoms with E-state index in [2.05, 4.69) is 140 Å². The second-order valence-corrected chi connectivity index (χ2v) is 34.9. The number of fused-ring (bicyclic) bond motifs is 14. The number of nitrogens with zero attached hydrogens (tertiary/aromatic N) is 6. The summed E-state index contributed by atoms with van der Waals surface area (Å²) in [6.45, 7) is 33.8. The first-order valence-electron chi connectivity index (χ1n) is 33.8. The number of hydrogen-bond donors (Lipinski definition) is 6. The lowest BCUT2D eigenvalue weighted by molar-refractivity contribution is -0.215. The van der Waals surface area contributed by atoms with Crippen LogP contribution in [0.3, 0.4) is 0 Å². The van der Waals surface area contributed by atoms with Gasteiger partial charge in [0, 0.05) is 0 Å². The Balaban J connectivity index is 0.674. The highest BCUT2D eigenvalue weighted by molar-refractivity contribution is 5.85. The predicted octanol–water partition coefficient (Wildman–Crippen LogP) is 12.3. The molecule has 470 valence electrons. The van der Waals surface area contributed by atoms with E-state index in [9.17, 15) is 20.4 Å². The molecule has 2 amide bonds.